The molecular weight excluding hydrogens is 483 g/mol. The Hall–Kier alpha value is -0.603. The van der Waals surface area contributed by atoms with Gasteiger partial charge in [-0.15, -0.1) is 0 Å². The van der Waals surface area contributed by atoms with Crippen molar-refractivity contribution in [1.82, 2.24) is 5.32 Å². The van der Waals surface area contributed by atoms with Crippen LogP contribution in [0, 0.1) is 40.4 Å². The van der Waals surface area contributed by atoms with Gasteiger partial charge in [-0.25, -0.2) is 0 Å². The van der Waals surface area contributed by atoms with Gasteiger partial charge in [0, 0.05) is 13.2 Å². The second-order valence-corrected chi connectivity index (χ2v) is 19.1. The zero-order valence-corrected chi connectivity index (χ0v) is 24.7. The fourth-order valence-electron chi connectivity index (χ4n) is 7.63. The smallest absolute Gasteiger partial charge is 0.417 e. The van der Waals surface area contributed by atoms with E-state index >= 15 is 0 Å². The molecule has 0 bridgehead atoms. The number of hydrogen-bond acceptors (Lipinski definition) is 3. The molecule has 0 aliphatic heterocycles. The summed E-state index contributed by atoms with van der Waals surface area (Å²) in [6.45, 7) is 18.7. The van der Waals surface area contributed by atoms with E-state index in [-0.39, 0.29) is 46.3 Å². The van der Waals surface area contributed by atoms with Crippen molar-refractivity contribution in [3.05, 3.63) is 0 Å². The number of amides is 1. The number of aliphatic hydroxyl groups is 1. The fourth-order valence-corrected chi connectivity index (χ4v) is 8.68. The molecular formula is C28H50F3NO3Si. The van der Waals surface area contributed by atoms with Crippen LogP contribution in [-0.2, 0) is 9.22 Å². The Kier molecular flexibility index (Phi) is 8.47. The molecule has 4 nitrogen and oxygen atoms in total. The maximum atomic E-state index is 13.1. The number of fused-ring (bicyclic) bond motifs is 1. The molecule has 36 heavy (non-hydrogen) atoms. The van der Waals surface area contributed by atoms with Crippen LogP contribution in [0.5, 0.6) is 0 Å². The summed E-state index contributed by atoms with van der Waals surface area (Å²) in [5, 5.41) is 13.0. The molecule has 1 amide bonds. The molecule has 210 valence electrons. The van der Waals surface area contributed by atoms with Gasteiger partial charge in [-0.2, -0.15) is 13.2 Å². The summed E-state index contributed by atoms with van der Waals surface area (Å²) >= 11 is 0. The van der Waals surface area contributed by atoms with Crippen molar-refractivity contribution in [2.24, 2.45) is 40.4 Å². The number of hydrogen-bond donors (Lipinski definition) is 2. The van der Waals surface area contributed by atoms with Crippen molar-refractivity contribution in [2.45, 2.75) is 117 Å². The molecule has 0 radical (unpaired) electrons. The molecule has 3 saturated carbocycles. The van der Waals surface area contributed by atoms with E-state index in [1.54, 1.807) is 0 Å². The number of carbonyl (C=O) groups is 1. The van der Waals surface area contributed by atoms with Crippen LogP contribution in [-0.4, -0.2) is 44.8 Å². The van der Waals surface area contributed by atoms with Gasteiger partial charge in [0.1, 0.15) is 0 Å². The molecule has 8 heteroatoms. The third kappa shape index (κ3) is 5.70. The van der Waals surface area contributed by atoms with Crippen molar-refractivity contribution in [3.8, 4) is 0 Å². The fraction of sp³-hybridized carbons (Fsp3) is 0.964. The zero-order chi connectivity index (χ0) is 27.3. The minimum atomic E-state index is -4.87. The number of carbonyl (C=O) groups excluding carboxylic acids is 1. The Balaban J connectivity index is 1.90. The van der Waals surface area contributed by atoms with E-state index in [4.69, 9.17) is 4.43 Å². The second kappa shape index (κ2) is 10.2. The highest BCUT2D eigenvalue weighted by molar-refractivity contribution is 6.74. The summed E-state index contributed by atoms with van der Waals surface area (Å²) in [6, 6.07) is 0. The standard InChI is InChI=1S/C28H50F3NO3Si/c1-18-9-10-22-21(16-32-24(34)28(29,30)31)23(12-14-26(18,22)5)27(6)13-11-20(33)15-19(27)17-35-36(7,8)25(2,3)4/h18-23,33H,9-17H2,1-8H3,(H,32,34)/t18-,19+,20-,21-,22-,23-,26+,27-/m0/s1. The van der Waals surface area contributed by atoms with E-state index in [2.05, 4.69) is 60.0 Å². The molecule has 3 aliphatic carbocycles. The number of aliphatic hydroxyl groups excluding tert-OH is 1. The Morgan fingerprint density at radius 2 is 1.61 bits per heavy atom. The first kappa shape index (κ1) is 29.9. The zero-order valence-electron chi connectivity index (χ0n) is 23.7. The maximum absolute atomic E-state index is 13.1. The third-order valence-electron chi connectivity index (χ3n) is 11.5. The second-order valence-electron chi connectivity index (χ2n) is 14.3. The molecule has 0 aromatic heterocycles. The number of alkyl halides is 3. The van der Waals surface area contributed by atoms with Crippen LogP contribution in [0.4, 0.5) is 13.2 Å². The molecule has 0 heterocycles. The number of rotatable bonds is 6. The lowest BCUT2D eigenvalue weighted by molar-refractivity contribution is -0.174. The summed E-state index contributed by atoms with van der Waals surface area (Å²) < 4.78 is 46.0. The normalized spacial score (nSPS) is 40.1. The lowest BCUT2D eigenvalue weighted by Gasteiger charge is -2.57. The molecule has 0 saturated heterocycles. The first-order valence-electron chi connectivity index (χ1n) is 14.0. The van der Waals surface area contributed by atoms with Crippen LogP contribution < -0.4 is 5.32 Å². The van der Waals surface area contributed by atoms with Gasteiger partial charge in [0.25, 0.3) is 0 Å². The highest BCUT2D eigenvalue weighted by Gasteiger charge is 2.58. The molecule has 0 spiro atoms. The molecule has 2 N–H and O–H groups in total. The summed E-state index contributed by atoms with van der Waals surface area (Å²) in [7, 11) is -2.00. The predicted molar refractivity (Wildman–Crippen MR) is 140 cm³/mol. The summed E-state index contributed by atoms with van der Waals surface area (Å²) in [5.74, 6) is -0.676. The Bertz CT molecular complexity index is 798. The largest absolute Gasteiger partial charge is 0.471 e. The van der Waals surface area contributed by atoms with E-state index < -0.39 is 20.4 Å². The number of nitrogens with one attached hydrogen (secondary N) is 1. The van der Waals surface area contributed by atoms with Crippen LogP contribution in [0.2, 0.25) is 18.1 Å². The van der Waals surface area contributed by atoms with Gasteiger partial charge < -0.3 is 14.8 Å². The summed E-state index contributed by atoms with van der Waals surface area (Å²) in [5.41, 5.74) is -0.0514. The van der Waals surface area contributed by atoms with Gasteiger partial charge in [-0.05, 0) is 103 Å². The molecule has 0 aromatic rings. The predicted octanol–water partition coefficient (Wildman–Crippen LogP) is 6.93. The van der Waals surface area contributed by atoms with Crippen molar-refractivity contribution in [3.63, 3.8) is 0 Å². The Morgan fingerprint density at radius 3 is 2.19 bits per heavy atom. The minimum absolute atomic E-state index is 0.00406. The van der Waals surface area contributed by atoms with Gasteiger partial charge in [0.15, 0.2) is 8.32 Å². The van der Waals surface area contributed by atoms with E-state index in [1.807, 2.05) is 0 Å². The molecule has 3 fully saturated rings. The Labute approximate surface area is 217 Å². The minimum Gasteiger partial charge on any atom is -0.417 e. The van der Waals surface area contributed by atoms with Gasteiger partial charge in [0.05, 0.1) is 6.10 Å². The van der Waals surface area contributed by atoms with Crippen LogP contribution in [0.15, 0.2) is 0 Å². The van der Waals surface area contributed by atoms with Crippen molar-refractivity contribution in [1.29, 1.82) is 0 Å². The van der Waals surface area contributed by atoms with Crippen molar-refractivity contribution >= 4 is 14.2 Å². The van der Waals surface area contributed by atoms with Gasteiger partial charge in [0.2, 0.25) is 0 Å². The average molecular weight is 534 g/mol. The van der Waals surface area contributed by atoms with Gasteiger partial charge >= 0.3 is 12.1 Å². The average Bonchev–Trinajstić information content (AvgIpc) is 3.05. The van der Waals surface area contributed by atoms with Crippen LogP contribution in [0.25, 0.3) is 0 Å². The first-order valence-corrected chi connectivity index (χ1v) is 16.9. The topological polar surface area (TPSA) is 58.6 Å². The highest BCUT2D eigenvalue weighted by atomic mass is 28.4. The van der Waals surface area contributed by atoms with Crippen molar-refractivity contribution < 1.29 is 27.5 Å². The van der Waals surface area contributed by atoms with E-state index in [9.17, 15) is 23.1 Å². The molecule has 0 unspecified atom stereocenters. The maximum Gasteiger partial charge on any atom is 0.471 e. The highest BCUT2D eigenvalue weighted by Crippen LogP contribution is 2.63. The lowest BCUT2D eigenvalue weighted by atomic mass is 9.49. The SMILES string of the molecule is C[C@H]1CC[C@H]2[C@H](CNC(=O)C(F)(F)F)[C@@H]([C@@]3(C)CC[C@H](O)C[C@@H]3CO[Si](C)(C)C(C)(C)C)CC[C@]12C. The quantitative estimate of drug-likeness (QED) is 0.364. The number of halogens is 3. The monoisotopic (exact) mass is 533 g/mol. The molecule has 3 rings (SSSR count). The van der Waals surface area contributed by atoms with E-state index in [0.29, 0.717) is 31.3 Å². The Morgan fingerprint density at radius 1 is 1.03 bits per heavy atom. The van der Waals surface area contributed by atoms with E-state index in [1.165, 1.54) is 0 Å². The van der Waals surface area contributed by atoms with Gasteiger partial charge in [-0.1, -0.05) is 41.5 Å². The van der Waals surface area contributed by atoms with Crippen LogP contribution >= 0.6 is 0 Å². The lowest BCUT2D eigenvalue weighted by Crippen LogP contribution is -2.55. The summed E-state index contributed by atoms with van der Waals surface area (Å²) in [4.78, 5) is 11.8. The van der Waals surface area contributed by atoms with Crippen molar-refractivity contribution in [2.75, 3.05) is 13.2 Å². The molecule has 3 aliphatic rings. The molecule has 0 aromatic carbocycles. The first-order chi connectivity index (χ1) is 16.3. The van der Waals surface area contributed by atoms with Crippen LogP contribution in [0.3, 0.4) is 0 Å². The summed E-state index contributed by atoms with van der Waals surface area (Å²) in [6.07, 6.45) is 1.10. The van der Waals surface area contributed by atoms with E-state index in [0.717, 1.165) is 32.1 Å². The van der Waals surface area contributed by atoms with Gasteiger partial charge in [-0.3, -0.25) is 4.79 Å². The third-order valence-corrected chi connectivity index (χ3v) is 16.0. The van der Waals surface area contributed by atoms with Crippen LogP contribution in [0.1, 0.15) is 86.5 Å². The molecule has 8 atom stereocenters.